The van der Waals surface area contributed by atoms with Crippen molar-refractivity contribution in [3.8, 4) is 16.9 Å². The number of carbonyl (C=O) groups is 1. The zero-order chi connectivity index (χ0) is 18.4. The van der Waals surface area contributed by atoms with E-state index < -0.39 is 0 Å². The number of anilines is 1. The highest BCUT2D eigenvalue weighted by molar-refractivity contribution is 5.73. The second kappa shape index (κ2) is 8.72. The maximum absolute atomic E-state index is 10.8. The molecular formula is C21H27N3O2. The van der Waals surface area contributed by atoms with Crippen molar-refractivity contribution in [3.63, 3.8) is 0 Å². The van der Waals surface area contributed by atoms with Gasteiger partial charge in [0.1, 0.15) is 5.75 Å². The monoisotopic (exact) mass is 353 g/mol. The lowest BCUT2D eigenvalue weighted by atomic mass is 10.0. The van der Waals surface area contributed by atoms with Crippen molar-refractivity contribution in [2.24, 2.45) is 5.73 Å². The largest absolute Gasteiger partial charge is 0.497 e. The summed E-state index contributed by atoms with van der Waals surface area (Å²) < 4.78 is 5.34. The molecule has 26 heavy (non-hydrogen) atoms. The molecule has 1 aliphatic rings. The molecule has 0 saturated carbocycles. The molecule has 1 saturated heterocycles. The molecule has 0 atom stereocenters. The van der Waals surface area contributed by atoms with Gasteiger partial charge in [0.15, 0.2) is 0 Å². The highest BCUT2D eigenvalue weighted by Crippen LogP contribution is 2.28. The normalized spacial score (nSPS) is 15.0. The fraction of sp³-hybridized carbons (Fsp3) is 0.381. The lowest BCUT2D eigenvalue weighted by Crippen LogP contribution is -2.43. The van der Waals surface area contributed by atoms with Gasteiger partial charge in [-0.2, -0.15) is 0 Å². The van der Waals surface area contributed by atoms with Crippen LogP contribution >= 0.6 is 0 Å². The molecule has 0 bridgehead atoms. The number of methoxy groups -OCH3 is 1. The first-order valence-corrected chi connectivity index (χ1v) is 9.17. The van der Waals surface area contributed by atoms with Gasteiger partial charge in [-0.1, -0.05) is 24.3 Å². The van der Waals surface area contributed by atoms with Crippen LogP contribution in [0.15, 0.2) is 48.5 Å². The molecule has 5 nitrogen and oxygen atoms in total. The summed E-state index contributed by atoms with van der Waals surface area (Å²) in [6.07, 6.45) is 2.55. The number of nitrogens with zero attached hydrogens (tertiary/aromatic N) is 1. The van der Waals surface area contributed by atoms with E-state index in [4.69, 9.17) is 10.5 Å². The Morgan fingerprint density at radius 3 is 2.54 bits per heavy atom. The van der Waals surface area contributed by atoms with Crippen molar-refractivity contribution in [3.05, 3.63) is 48.5 Å². The van der Waals surface area contributed by atoms with Gasteiger partial charge >= 0.3 is 0 Å². The molecule has 0 aromatic heterocycles. The summed E-state index contributed by atoms with van der Waals surface area (Å²) in [4.78, 5) is 13.3. The van der Waals surface area contributed by atoms with E-state index in [0.29, 0.717) is 19.0 Å². The van der Waals surface area contributed by atoms with Gasteiger partial charge in [0.2, 0.25) is 5.91 Å². The summed E-state index contributed by atoms with van der Waals surface area (Å²) in [5.41, 5.74) is 8.80. The first kappa shape index (κ1) is 18.3. The standard InChI is InChI=1S/C21H27N3O2/c1-26-20-7-3-5-17(15-20)16-4-2-6-19(14-16)24-12-9-18(10-13-24)23-11-8-21(22)25/h2-7,14-15,18,23H,8-13H2,1H3,(H2,22,25). The van der Waals surface area contributed by atoms with Crippen LogP contribution in [-0.4, -0.2) is 38.7 Å². The van der Waals surface area contributed by atoms with Crippen molar-refractivity contribution in [1.82, 2.24) is 5.32 Å². The van der Waals surface area contributed by atoms with Gasteiger partial charge in [-0.05, 0) is 48.2 Å². The molecule has 1 amide bonds. The summed E-state index contributed by atoms with van der Waals surface area (Å²) in [5.74, 6) is 0.625. The van der Waals surface area contributed by atoms with E-state index >= 15 is 0 Å². The topological polar surface area (TPSA) is 67.6 Å². The molecule has 0 unspecified atom stereocenters. The average Bonchev–Trinajstić information content (AvgIpc) is 2.68. The predicted octanol–water partition coefficient (Wildman–Crippen LogP) is 2.80. The Labute approximate surface area is 155 Å². The third-order valence-electron chi connectivity index (χ3n) is 4.91. The first-order chi connectivity index (χ1) is 12.7. The highest BCUT2D eigenvalue weighted by atomic mass is 16.5. The van der Waals surface area contributed by atoms with Gasteiger partial charge < -0.3 is 20.7 Å². The quantitative estimate of drug-likeness (QED) is 0.803. The lowest BCUT2D eigenvalue weighted by Gasteiger charge is -2.34. The zero-order valence-corrected chi connectivity index (χ0v) is 15.3. The van der Waals surface area contributed by atoms with Crippen molar-refractivity contribution in [2.45, 2.75) is 25.3 Å². The second-order valence-electron chi connectivity index (χ2n) is 6.71. The van der Waals surface area contributed by atoms with Gasteiger partial charge in [0, 0.05) is 37.8 Å². The maximum Gasteiger partial charge on any atom is 0.218 e. The minimum absolute atomic E-state index is 0.246. The van der Waals surface area contributed by atoms with Crippen LogP contribution in [0.5, 0.6) is 5.75 Å². The van der Waals surface area contributed by atoms with Crippen molar-refractivity contribution in [2.75, 3.05) is 31.6 Å². The fourth-order valence-electron chi connectivity index (χ4n) is 3.43. The Hall–Kier alpha value is -2.53. The Balaban J connectivity index is 1.61. The molecule has 0 spiro atoms. The molecule has 3 N–H and O–H groups in total. The summed E-state index contributed by atoms with van der Waals surface area (Å²) in [7, 11) is 1.69. The van der Waals surface area contributed by atoms with Crippen LogP contribution in [0.2, 0.25) is 0 Å². The van der Waals surface area contributed by atoms with Crippen LogP contribution in [0.1, 0.15) is 19.3 Å². The van der Waals surface area contributed by atoms with Crippen molar-refractivity contribution < 1.29 is 9.53 Å². The number of rotatable bonds is 7. The van der Waals surface area contributed by atoms with Gasteiger partial charge in [0.25, 0.3) is 0 Å². The number of amides is 1. The van der Waals surface area contributed by atoms with Crippen LogP contribution in [0, 0.1) is 0 Å². The molecule has 5 heteroatoms. The van der Waals surface area contributed by atoms with Crippen LogP contribution in [0.4, 0.5) is 5.69 Å². The SMILES string of the molecule is COc1cccc(-c2cccc(N3CCC(NCCC(N)=O)CC3)c2)c1. The van der Waals surface area contributed by atoms with Gasteiger partial charge in [-0.3, -0.25) is 4.79 Å². The minimum atomic E-state index is -0.246. The number of nitrogens with one attached hydrogen (secondary N) is 1. The number of ether oxygens (including phenoxy) is 1. The van der Waals surface area contributed by atoms with E-state index in [1.54, 1.807) is 7.11 Å². The van der Waals surface area contributed by atoms with E-state index in [-0.39, 0.29) is 5.91 Å². The molecular weight excluding hydrogens is 326 g/mol. The third-order valence-corrected chi connectivity index (χ3v) is 4.91. The second-order valence-corrected chi connectivity index (χ2v) is 6.71. The van der Waals surface area contributed by atoms with E-state index in [1.807, 2.05) is 12.1 Å². The minimum Gasteiger partial charge on any atom is -0.497 e. The zero-order valence-electron chi connectivity index (χ0n) is 15.3. The van der Waals surface area contributed by atoms with E-state index in [9.17, 15) is 4.79 Å². The Morgan fingerprint density at radius 1 is 1.15 bits per heavy atom. The lowest BCUT2D eigenvalue weighted by molar-refractivity contribution is -0.117. The van der Waals surface area contributed by atoms with E-state index in [1.165, 1.54) is 11.3 Å². The molecule has 1 heterocycles. The van der Waals surface area contributed by atoms with Crippen LogP contribution < -0.4 is 20.7 Å². The summed E-state index contributed by atoms with van der Waals surface area (Å²) >= 11 is 0. The third kappa shape index (κ3) is 4.76. The summed E-state index contributed by atoms with van der Waals surface area (Å²) in [5, 5.41) is 3.43. The number of nitrogens with two attached hydrogens (primary N) is 1. The maximum atomic E-state index is 10.8. The predicted molar refractivity (Wildman–Crippen MR) is 105 cm³/mol. The van der Waals surface area contributed by atoms with Gasteiger partial charge in [-0.15, -0.1) is 0 Å². The molecule has 3 rings (SSSR count). The van der Waals surface area contributed by atoms with Gasteiger partial charge in [-0.25, -0.2) is 0 Å². The van der Waals surface area contributed by atoms with Crippen molar-refractivity contribution >= 4 is 11.6 Å². The number of hydrogen-bond donors (Lipinski definition) is 2. The van der Waals surface area contributed by atoms with Crippen molar-refractivity contribution in [1.29, 1.82) is 0 Å². The average molecular weight is 353 g/mol. The Kier molecular flexibility index (Phi) is 6.12. The molecule has 2 aromatic rings. The highest BCUT2D eigenvalue weighted by Gasteiger charge is 2.19. The van der Waals surface area contributed by atoms with E-state index in [2.05, 4.69) is 46.6 Å². The van der Waals surface area contributed by atoms with Gasteiger partial charge in [0.05, 0.1) is 7.11 Å². The Bertz CT molecular complexity index is 740. The number of primary amides is 1. The number of carbonyl (C=O) groups excluding carboxylic acids is 1. The molecule has 1 fully saturated rings. The number of hydrogen-bond acceptors (Lipinski definition) is 4. The summed E-state index contributed by atoms with van der Waals surface area (Å²) in [6.45, 7) is 2.69. The molecule has 0 aliphatic carbocycles. The molecule has 0 radical (unpaired) electrons. The Morgan fingerprint density at radius 2 is 1.85 bits per heavy atom. The molecule has 2 aromatic carbocycles. The van der Waals surface area contributed by atoms with Crippen LogP contribution in [0.25, 0.3) is 11.1 Å². The fourth-order valence-corrected chi connectivity index (χ4v) is 3.43. The summed E-state index contributed by atoms with van der Waals surface area (Å²) in [6, 6.07) is 17.3. The van der Waals surface area contributed by atoms with Crippen LogP contribution in [0.3, 0.4) is 0 Å². The smallest absolute Gasteiger partial charge is 0.218 e. The van der Waals surface area contributed by atoms with E-state index in [0.717, 1.165) is 37.2 Å². The molecule has 1 aliphatic heterocycles. The number of benzene rings is 2. The molecule has 138 valence electrons. The number of piperidine rings is 1. The van der Waals surface area contributed by atoms with Crippen LogP contribution in [-0.2, 0) is 4.79 Å². The first-order valence-electron chi connectivity index (χ1n) is 9.17.